The van der Waals surface area contributed by atoms with Gasteiger partial charge in [0.1, 0.15) is 0 Å². The van der Waals surface area contributed by atoms with E-state index in [1.54, 1.807) is 18.3 Å². The van der Waals surface area contributed by atoms with Crippen LogP contribution in [0.5, 0.6) is 5.88 Å². The van der Waals surface area contributed by atoms with Crippen LogP contribution in [-0.4, -0.2) is 16.4 Å². The lowest BCUT2D eigenvalue weighted by molar-refractivity contribution is 0.0218. The number of aromatic nitrogens is 1. The fraction of sp³-hybridized carbons (Fsp3) is 0.143. The summed E-state index contributed by atoms with van der Waals surface area (Å²) in [5.74, 6) is 0.535. The Bertz CT molecular complexity index is 193. The molecule has 0 aliphatic heterocycles. The second-order valence-corrected chi connectivity index (χ2v) is 1.78. The summed E-state index contributed by atoms with van der Waals surface area (Å²) in [6.07, 6.45) is 2.09. The number of aliphatic hydroxyl groups is 1. The van der Waals surface area contributed by atoms with E-state index in [0.29, 0.717) is 5.88 Å². The first-order valence-electron chi connectivity index (χ1n) is 2.93. The minimum absolute atomic E-state index is 0.535. The fourth-order valence-electron chi connectivity index (χ4n) is 0.565. The van der Waals surface area contributed by atoms with E-state index in [9.17, 15) is 0 Å². The number of aliphatic hydroxyl groups excluding tert-OH is 1. The molecule has 1 unspecified atom stereocenters. The molecule has 1 rings (SSSR count). The molecule has 0 radical (unpaired) electrons. The molecule has 0 aliphatic carbocycles. The van der Waals surface area contributed by atoms with Crippen LogP contribution in [0, 0.1) is 0 Å². The van der Waals surface area contributed by atoms with Gasteiger partial charge >= 0.3 is 0 Å². The first-order chi connectivity index (χ1) is 4.83. The van der Waals surface area contributed by atoms with E-state index in [1.807, 2.05) is 0 Å². The number of ether oxygens (including phenoxy) is 1. The first-order valence-corrected chi connectivity index (χ1v) is 2.93. The van der Waals surface area contributed by atoms with Crippen LogP contribution in [0.4, 0.5) is 0 Å². The highest BCUT2D eigenvalue weighted by Crippen LogP contribution is 2.06. The van der Waals surface area contributed by atoms with Crippen molar-refractivity contribution in [2.75, 3.05) is 0 Å². The van der Waals surface area contributed by atoms with Gasteiger partial charge in [-0.1, -0.05) is 6.58 Å². The van der Waals surface area contributed by atoms with Crippen molar-refractivity contribution in [3.8, 4) is 5.88 Å². The highest BCUT2D eigenvalue weighted by molar-refractivity contribution is 5.10. The van der Waals surface area contributed by atoms with Gasteiger partial charge in [0.15, 0.2) is 5.88 Å². The number of hydrogen-bond acceptors (Lipinski definition) is 2. The van der Waals surface area contributed by atoms with Crippen molar-refractivity contribution in [1.29, 1.82) is 0 Å². The van der Waals surface area contributed by atoms with Crippen molar-refractivity contribution in [2.24, 2.45) is 0 Å². The maximum Gasteiger partial charge on any atom is 0.218 e. The largest absolute Gasteiger partial charge is 0.446 e. The summed E-state index contributed by atoms with van der Waals surface area (Å²) in [4.78, 5) is 2.77. The summed E-state index contributed by atoms with van der Waals surface area (Å²) in [6, 6.07) is 3.50. The molecular formula is C7H9NO2. The molecule has 1 atom stereocenters. The molecular weight excluding hydrogens is 130 g/mol. The summed E-state index contributed by atoms with van der Waals surface area (Å²) in [6.45, 7) is 3.35. The minimum Gasteiger partial charge on any atom is -0.446 e. The first kappa shape index (κ1) is 6.89. The summed E-state index contributed by atoms with van der Waals surface area (Å²) >= 11 is 0. The van der Waals surface area contributed by atoms with Crippen LogP contribution >= 0.6 is 0 Å². The zero-order valence-corrected chi connectivity index (χ0v) is 5.45. The lowest BCUT2D eigenvalue weighted by Crippen LogP contribution is -2.11. The molecule has 1 heterocycles. The van der Waals surface area contributed by atoms with Gasteiger partial charge in [-0.05, 0) is 18.2 Å². The third-order valence-electron chi connectivity index (χ3n) is 1.02. The Balaban J connectivity index is 2.47. The molecule has 0 aliphatic rings. The van der Waals surface area contributed by atoms with Crippen molar-refractivity contribution < 1.29 is 9.84 Å². The predicted molar refractivity (Wildman–Crippen MR) is 37.6 cm³/mol. The van der Waals surface area contributed by atoms with Crippen molar-refractivity contribution in [3.63, 3.8) is 0 Å². The van der Waals surface area contributed by atoms with Gasteiger partial charge in [0.05, 0.1) is 0 Å². The average Bonchev–Trinajstić information content (AvgIpc) is 2.40. The molecule has 54 valence electrons. The molecule has 0 fully saturated rings. The SMILES string of the molecule is C=CC(O)Oc1ccc[nH]1. The molecule has 0 saturated carbocycles. The van der Waals surface area contributed by atoms with E-state index in [-0.39, 0.29) is 0 Å². The average molecular weight is 139 g/mol. The Morgan fingerprint density at radius 2 is 2.60 bits per heavy atom. The molecule has 3 heteroatoms. The second kappa shape index (κ2) is 3.08. The molecule has 0 amide bonds. The highest BCUT2D eigenvalue weighted by Gasteiger charge is 1.98. The van der Waals surface area contributed by atoms with Gasteiger partial charge < -0.3 is 14.8 Å². The summed E-state index contributed by atoms with van der Waals surface area (Å²) in [5.41, 5.74) is 0. The third kappa shape index (κ3) is 1.63. The molecule has 1 aromatic heterocycles. The Morgan fingerprint density at radius 3 is 3.10 bits per heavy atom. The molecule has 3 nitrogen and oxygen atoms in total. The van der Waals surface area contributed by atoms with Gasteiger partial charge in [0.2, 0.25) is 6.29 Å². The zero-order chi connectivity index (χ0) is 7.40. The van der Waals surface area contributed by atoms with Crippen LogP contribution in [0.25, 0.3) is 0 Å². The minimum atomic E-state index is -0.932. The molecule has 10 heavy (non-hydrogen) atoms. The number of nitrogens with one attached hydrogen (secondary N) is 1. The van der Waals surface area contributed by atoms with Gasteiger partial charge in [-0.15, -0.1) is 0 Å². The normalized spacial score (nSPS) is 12.5. The molecule has 0 bridgehead atoms. The molecule has 1 aromatic rings. The van der Waals surface area contributed by atoms with Gasteiger partial charge in [0, 0.05) is 6.20 Å². The summed E-state index contributed by atoms with van der Waals surface area (Å²) in [7, 11) is 0. The fourth-order valence-corrected chi connectivity index (χ4v) is 0.565. The summed E-state index contributed by atoms with van der Waals surface area (Å²) in [5, 5.41) is 8.87. The maximum atomic E-state index is 8.87. The van der Waals surface area contributed by atoms with E-state index < -0.39 is 6.29 Å². The van der Waals surface area contributed by atoms with Crippen molar-refractivity contribution in [1.82, 2.24) is 4.98 Å². The standard InChI is InChI=1S/C7H9NO2/c1-2-7(9)10-6-4-3-5-8-6/h2-5,7-9H,1H2. The Labute approximate surface area is 59.0 Å². The van der Waals surface area contributed by atoms with Crippen LogP contribution in [0.2, 0.25) is 0 Å². The molecule has 0 saturated heterocycles. The Morgan fingerprint density at radius 1 is 1.80 bits per heavy atom. The van der Waals surface area contributed by atoms with E-state index >= 15 is 0 Å². The van der Waals surface area contributed by atoms with E-state index in [2.05, 4.69) is 11.6 Å². The third-order valence-corrected chi connectivity index (χ3v) is 1.02. The number of H-pyrrole nitrogens is 1. The van der Waals surface area contributed by atoms with Crippen molar-refractivity contribution in [2.45, 2.75) is 6.29 Å². The van der Waals surface area contributed by atoms with Gasteiger partial charge in [-0.3, -0.25) is 0 Å². The zero-order valence-electron chi connectivity index (χ0n) is 5.45. The van der Waals surface area contributed by atoms with Crippen LogP contribution in [0.1, 0.15) is 0 Å². The molecule has 0 spiro atoms. The Kier molecular flexibility index (Phi) is 2.12. The van der Waals surface area contributed by atoms with E-state index in [0.717, 1.165) is 0 Å². The maximum absolute atomic E-state index is 8.87. The number of rotatable bonds is 3. The molecule has 0 aromatic carbocycles. The smallest absolute Gasteiger partial charge is 0.218 e. The van der Waals surface area contributed by atoms with Crippen LogP contribution < -0.4 is 4.74 Å². The monoisotopic (exact) mass is 139 g/mol. The topological polar surface area (TPSA) is 45.2 Å². The van der Waals surface area contributed by atoms with Gasteiger partial charge in [-0.25, -0.2) is 0 Å². The highest BCUT2D eigenvalue weighted by atomic mass is 16.6. The quantitative estimate of drug-likeness (QED) is 0.482. The van der Waals surface area contributed by atoms with Crippen molar-refractivity contribution in [3.05, 3.63) is 31.0 Å². The lowest BCUT2D eigenvalue weighted by Gasteiger charge is -2.05. The number of aromatic amines is 1. The lowest BCUT2D eigenvalue weighted by atomic mass is 10.6. The van der Waals surface area contributed by atoms with Crippen molar-refractivity contribution >= 4 is 0 Å². The van der Waals surface area contributed by atoms with E-state index in [4.69, 9.17) is 9.84 Å². The summed E-state index contributed by atoms with van der Waals surface area (Å²) < 4.78 is 4.89. The molecule has 2 N–H and O–H groups in total. The second-order valence-electron chi connectivity index (χ2n) is 1.78. The Hall–Kier alpha value is -1.22. The van der Waals surface area contributed by atoms with Crippen LogP contribution in [0.15, 0.2) is 31.0 Å². The van der Waals surface area contributed by atoms with Crippen LogP contribution in [0.3, 0.4) is 0 Å². The van der Waals surface area contributed by atoms with Gasteiger partial charge in [0.25, 0.3) is 0 Å². The number of hydrogen-bond donors (Lipinski definition) is 2. The van der Waals surface area contributed by atoms with E-state index in [1.165, 1.54) is 6.08 Å². The predicted octanol–water partition coefficient (Wildman–Crippen LogP) is 0.898. The van der Waals surface area contributed by atoms with Gasteiger partial charge in [-0.2, -0.15) is 0 Å². The van der Waals surface area contributed by atoms with Crippen LogP contribution in [-0.2, 0) is 0 Å².